The van der Waals surface area contributed by atoms with Crippen molar-refractivity contribution < 1.29 is 35.5 Å². The number of hydrogen-bond acceptors (Lipinski definition) is 3. The fourth-order valence-electron chi connectivity index (χ4n) is 5.68. The Hall–Kier alpha value is -4.89. The number of furan rings is 1. The second-order valence-corrected chi connectivity index (χ2v) is 12.7. The van der Waals surface area contributed by atoms with Crippen LogP contribution >= 0.6 is 0 Å². The largest absolute Gasteiger partial charge is 0.501 e. The van der Waals surface area contributed by atoms with Crippen molar-refractivity contribution in [2.75, 3.05) is 0 Å². The number of pyridine rings is 2. The molecule has 1 radical (unpaired) electrons. The predicted molar refractivity (Wildman–Crippen MR) is 200 cm³/mol. The summed E-state index contributed by atoms with van der Waals surface area (Å²) in [5.74, 6) is 0. The fourth-order valence-corrected chi connectivity index (χ4v) is 5.68. The Labute approximate surface area is 313 Å². The van der Waals surface area contributed by atoms with Gasteiger partial charge in [-0.2, -0.15) is 0 Å². The van der Waals surface area contributed by atoms with E-state index in [2.05, 4.69) is 52.4 Å². The molecule has 8 aromatic rings. The van der Waals surface area contributed by atoms with Crippen LogP contribution in [0.3, 0.4) is 0 Å². The molecule has 0 saturated carbocycles. The average molecular weight is 823 g/mol. The van der Waals surface area contributed by atoms with Gasteiger partial charge in [-0.25, -0.2) is 0 Å². The van der Waals surface area contributed by atoms with Crippen LogP contribution in [-0.4, -0.2) is 9.97 Å². The third-order valence-electron chi connectivity index (χ3n) is 7.91. The molecule has 3 aromatic heterocycles. The van der Waals surface area contributed by atoms with Crippen LogP contribution in [0, 0.1) is 31.3 Å². The number of nitrogens with zero attached hydrogens (tertiary/aromatic N) is 2. The second kappa shape index (κ2) is 14.3. The Morgan fingerprint density at radius 2 is 1.51 bits per heavy atom. The Balaban J connectivity index is 0.000000223. The average Bonchev–Trinajstić information content (AvgIpc) is 3.54. The Morgan fingerprint density at radius 3 is 2.20 bits per heavy atom. The van der Waals surface area contributed by atoms with Gasteiger partial charge in [-0.15, -0.1) is 53.6 Å². The van der Waals surface area contributed by atoms with Crippen LogP contribution < -0.4 is 0 Å². The van der Waals surface area contributed by atoms with E-state index in [0.29, 0.717) is 16.8 Å². The molecule has 5 aromatic carbocycles. The molecule has 0 aliphatic heterocycles. The second-order valence-electron chi connectivity index (χ2n) is 12.7. The molecule has 0 bridgehead atoms. The van der Waals surface area contributed by atoms with Gasteiger partial charge in [0.15, 0.2) is 0 Å². The molecule has 0 aliphatic carbocycles. The number of hydrogen-bond donors (Lipinski definition) is 0. The minimum atomic E-state index is -2.18. The molecule has 0 spiro atoms. The maximum atomic E-state index is 8.55. The van der Waals surface area contributed by atoms with Crippen molar-refractivity contribution in [3.8, 4) is 33.6 Å². The summed E-state index contributed by atoms with van der Waals surface area (Å²) in [5, 5.41) is 4.46. The van der Waals surface area contributed by atoms with E-state index in [1.165, 1.54) is 29.8 Å². The smallest absolute Gasteiger partial charge is 0.121 e. The van der Waals surface area contributed by atoms with E-state index < -0.39 is 25.5 Å². The van der Waals surface area contributed by atoms with Crippen molar-refractivity contribution >= 4 is 32.7 Å². The SMILES string of the molecule is [2H]C([2H])([2H])c1c[c-]c(-c2ccc(C([2H])([2H])[2H])cn2)cc1.[2H]C([2H])(c1ccc(-c2ccnc(-c3[c-]ccc4c3oc3cc5ccccc5cc34)c2)cc1)C(C)(C)C.[Ir]. The first-order valence-electron chi connectivity index (χ1n) is 19.7. The van der Waals surface area contributed by atoms with Gasteiger partial charge in [-0.1, -0.05) is 105 Å². The molecular weight excluding hydrogens is 777 g/mol. The number of rotatable bonds is 4. The van der Waals surface area contributed by atoms with E-state index in [1.54, 1.807) is 18.3 Å². The van der Waals surface area contributed by atoms with E-state index in [0.717, 1.165) is 49.7 Å². The van der Waals surface area contributed by atoms with Crippen LogP contribution in [-0.2, 0) is 26.5 Å². The van der Waals surface area contributed by atoms with Crippen molar-refractivity contribution in [3.63, 3.8) is 0 Å². The van der Waals surface area contributed by atoms with E-state index >= 15 is 0 Å². The Morgan fingerprint density at radius 1 is 0.735 bits per heavy atom. The van der Waals surface area contributed by atoms with Gasteiger partial charge in [0.25, 0.3) is 0 Å². The molecule has 8 rings (SSSR count). The predicted octanol–water partition coefficient (Wildman–Crippen LogP) is 12.0. The van der Waals surface area contributed by atoms with Crippen molar-refractivity contribution in [2.24, 2.45) is 5.41 Å². The van der Waals surface area contributed by atoms with Crippen LogP contribution in [0.25, 0.3) is 66.4 Å². The van der Waals surface area contributed by atoms with Crippen LogP contribution in [0.1, 0.15) is 48.4 Å². The van der Waals surface area contributed by atoms with E-state index in [9.17, 15) is 0 Å². The molecule has 49 heavy (non-hydrogen) atoms. The molecule has 0 saturated heterocycles. The Bertz CT molecular complexity index is 2610. The number of aryl methyl sites for hydroxylation is 2. The molecule has 3 nitrogen and oxygen atoms in total. The summed E-state index contributed by atoms with van der Waals surface area (Å²) in [6, 6.07) is 42.1. The Kier molecular flexibility index (Phi) is 7.34. The van der Waals surface area contributed by atoms with Gasteiger partial charge in [-0.3, -0.25) is 0 Å². The van der Waals surface area contributed by atoms with Gasteiger partial charge in [0.1, 0.15) is 5.58 Å². The van der Waals surface area contributed by atoms with E-state index in [-0.39, 0.29) is 31.2 Å². The summed E-state index contributed by atoms with van der Waals surface area (Å²) in [4.78, 5) is 8.72. The summed E-state index contributed by atoms with van der Waals surface area (Å²) in [7, 11) is 0. The maximum Gasteiger partial charge on any atom is 0.121 e. The van der Waals surface area contributed by atoms with Gasteiger partial charge in [-0.05, 0) is 81.3 Å². The normalized spacial score (nSPS) is 14.5. The molecule has 0 amide bonds. The minimum absolute atomic E-state index is 0. The molecule has 0 atom stereocenters. The van der Waals surface area contributed by atoms with E-state index in [4.69, 9.17) is 15.4 Å². The fraction of sp³-hybridized carbons (Fsp3) is 0.156. The topological polar surface area (TPSA) is 38.9 Å². The monoisotopic (exact) mass is 823 g/mol. The summed E-state index contributed by atoms with van der Waals surface area (Å²) in [6.07, 6.45) is 1.68. The third kappa shape index (κ3) is 7.73. The third-order valence-corrected chi connectivity index (χ3v) is 7.91. The number of aromatic nitrogens is 2. The van der Waals surface area contributed by atoms with Crippen LogP contribution in [0.2, 0.25) is 0 Å². The zero-order valence-corrected chi connectivity index (χ0v) is 29.7. The van der Waals surface area contributed by atoms with Gasteiger partial charge >= 0.3 is 0 Å². The number of benzene rings is 5. The van der Waals surface area contributed by atoms with Crippen LogP contribution in [0.4, 0.5) is 0 Å². The van der Waals surface area contributed by atoms with Gasteiger partial charge < -0.3 is 14.4 Å². The van der Waals surface area contributed by atoms with Crippen molar-refractivity contribution in [3.05, 3.63) is 156 Å². The molecule has 245 valence electrons. The zero-order valence-electron chi connectivity index (χ0n) is 35.3. The minimum Gasteiger partial charge on any atom is -0.501 e. The van der Waals surface area contributed by atoms with Crippen LogP contribution in [0.5, 0.6) is 0 Å². The zero-order chi connectivity index (χ0) is 40.0. The van der Waals surface area contributed by atoms with Crippen molar-refractivity contribution in [2.45, 2.75) is 40.8 Å². The maximum absolute atomic E-state index is 8.55. The standard InChI is InChI=1S/C32H26NO.C13H12N.Ir/c1-32(2,3)20-21-11-13-22(14-12-21)25-15-16-33-29(18-25)27-10-6-9-26-28-17-23-7-4-5-8-24(23)19-30(28)34-31(26)27;1-10-3-6-12(7-4-10)13-8-5-11(2)9-14-13;/h4-9,11-19H,20H2,1-3H3;3-6,8-9H,1-2H3;/q2*-1;/i20D2;1D3,2D3;. The molecule has 4 heteroatoms. The first-order valence-corrected chi connectivity index (χ1v) is 15.7. The van der Waals surface area contributed by atoms with Crippen molar-refractivity contribution in [1.82, 2.24) is 9.97 Å². The van der Waals surface area contributed by atoms with Gasteiger partial charge in [0, 0.05) is 48.9 Å². The molecule has 0 fully saturated rings. The quantitative estimate of drug-likeness (QED) is 0.166. The van der Waals surface area contributed by atoms with Crippen molar-refractivity contribution in [1.29, 1.82) is 0 Å². The summed E-state index contributed by atoms with van der Waals surface area (Å²) >= 11 is 0. The molecule has 0 aliphatic rings. The first-order chi connectivity index (χ1) is 26.4. The molecule has 0 N–H and O–H groups in total. The summed E-state index contributed by atoms with van der Waals surface area (Å²) in [6.45, 7) is 1.43. The molecule has 3 heterocycles. The van der Waals surface area contributed by atoms with E-state index in [1.807, 2.05) is 75.4 Å². The number of fused-ring (bicyclic) bond motifs is 4. The van der Waals surface area contributed by atoms with Crippen LogP contribution in [0.15, 0.2) is 132 Å². The summed E-state index contributed by atoms with van der Waals surface area (Å²) < 4.78 is 67.1. The first kappa shape index (κ1) is 25.1. The molecular formula is C45H38IrN2O-2. The molecule has 0 unspecified atom stereocenters. The van der Waals surface area contributed by atoms with Gasteiger partial charge in [0.05, 0.1) is 5.58 Å². The summed E-state index contributed by atoms with van der Waals surface area (Å²) in [5.41, 5.74) is 7.00. The van der Waals surface area contributed by atoms with Gasteiger partial charge in [0.2, 0.25) is 0 Å².